The van der Waals surface area contributed by atoms with E-state index >= 15 is 0 Å². The lowest BCUT2D eigenvalue weighted by atomic mass is 9.57. The topological polar surface area (TPSA) is 136 Å². The molecule has 0 unspecified atom stereocenters. The number of benzene rings is 2. The van der Waals surface area contributed by atoms with Crippen LogP contribution >= 0.6 is 0 Å². The summed E-state index contributed by atoms with van der Waals surface area (Å²) in [7, 11) is 1.58. The molecule has 8 nitrogen and oxygen atoms in total. The van der Waals surface area contributed by atoms with Crippen molar-refractivity contribution in [1.29, 1.82) is 15.8 Å². The molecule has 0 spiro atoms. The highest BCUT2D eigenvalue weighted by Crippen LogP contribution is 2.55. The van der Waals surface area contributed by atoms with Crippen LogP contribution in [0.4, 0.5) is 4.79 Å². The van der Waals surface area contributed by atoms with Gasteiger partial charge >= 0.3 is 6.09 Å². The van der Waals surface area contributed by atoms with Crippen molar-refractivity contribution in [3.63, 3.8) is 0 Å². The quantitative estimate of drug-likeness (QED) is 0.747. The smallest absolute Gasteiger partial charge is 0.410 e. The zero-order valence-corrected chi connectivity index (χ0v) is 18.9. The van der Waals surface area contributed by atoms with Crippen LogP contribution in [0.15, 0.2) is 59.3 Å². The second kappa shape index (κ2) is 8.81. The van der Waals surface area contributed by atoms with Crippen LogP contribution < -0.4 is 10.5 Å². The lowest BCUT2D eigenvalue weighted by Crippen LogP contribution is -2.49. The summed E-state index contributed by atoms with van der Waals surface area (Å²) in [6.45, 7) is 2.37. The third-order valence-electron chi connectivity index (χ3n) is 6.66. The normalized spacial score (nSPS) is 20.9. The molecule has 0 radical (unpaired) electrons. The van der Waals surface area contributed by atoms with E-state index in [0.717, 1.165) is 16.3 Å². The molecule has 2 aromatic rings. The molecule has 1 amide bonds. The molecule has 0 saturated carbocycles. The molecule has 2 N–H and O–H groups in total. The summed E-state index contributed by atoms with van der Waals surface area (Å²) >= 11 is 0. The molecule has 0 saturated heterocycles. The van der Waals surface area contributed by atoms with Crippen LogP contribution in [0, 0.1) is 45.3 Å². The van der Waals surface area contributed by atoms with E-state index in [4.69, 9.17) is 15.2 Å². The van der Waals surface area contributed by atoms with Crippen LogP contribution in [0.3, 0.4) is 0 Å². The van der Waals surface area contributed by atoms with Crippen LogP contribution in [0.25, 0.3) is 10.8 Å². The zero-order valence-electron chi connectivity index (χ0n) is 18.9. The number of hydrogen-bond donors (Lipinski definition) is 1. The number of nitriles is 3. The Kier molecular flexibility index (Phi) is 5.88. The molecule has 34 heavy (non-hydrogen) atoms. The van der Waals surface area contributed by atoms with Crippen LogP contribution in [0.2, 0.25) is 0 Å². The Balaban J connectivity index is 2.02. The van der Waals surface area contributed by atoms with E-state index in [2.05, 4.69) is 18.2 Å². The summed E-state index contributed by atoms with van der Waals surface area (Å²) in [5.74, 6) is -0.599. The van der Waals surface area contributed by atoms with E-state index in [9.17, 15) is 20.6 Å². The van der Waals surface area contributed by atoms with Crippen molar-refractivity contribution < 1.29 is 14.3 Å². The SMILES string of the molecule is CCOC(=O)N1CC=C2C(C#N)=C(N)C(C#N)(C#N)[C@@H](c3ccc(OC)c4ccccc34)[C@H]2C1. The summed E-state index contributed by atoms with van der Waals surface area (Å²) in [6, 6.07) is 17.6. The lowest BCUT2D eigenvalue weighted by molar-refractivity contribution is 0.1000. The number of nitrogens with zero attached hydrogens (tertiary/aromatic N) is 4. The Bertz CT molecular complexity index is 1340. The van der Waals surface area contributed by atoms with Crippen LogP contribution in [0.1, 0.15) is 18.4 Å². The van der Waals surface area contributed by atoms with Crippen molar-refractivity contribution in [2.24, 2.45) is 17.1 Å². The number of ether oxygens (including phenoxy) is 2. The van der Waals surface area contributed by atoms with Crippen LogP contribution in [0.5, 0.6) is 5.75 Å². The van der Waals surface area contributed by atoms with Crippen LogP contribution in [-0.2, 0) is 4.74 Å². The molecule has 0 fully saturated rings. The maximum atomic E-state index is 12.6. The van der Waals surface area contributed by atoms with E-state index in [1.54, 1.807) is 26.2 Å². The zero-order chi connectivity index (χ0) is 24.5. The summed E-state index contributed by atoms with van der Waals surface area (Å²) in [4.78, 5) is 14.1. The van der Waals surface area contributed by atoms with E-state index in [1.165, 1.54) is 4.90 Å². The van der Waals surface area contributed by atoms with Crippen molar-refractivity contribution in [2.75, 3.05) is 26.8 Å². The number of allylic oxidation sites excluding steroid dienone is 2. The molecule has 2 aliphatic rings. The molecule has 2 aromatic carbocycles. The predicted octanol–water partition coefficient (Wildman–Crippen LogP) is 3.73. The maximum absolute atomic E-state index is 12.6. The Morgan fingerprint density at radius 3 is 2.50 bits per heavy atom. The van der Waals surface area contributed by atoms with Crippen molar-refractivity contribution >= 4 is 16.9 Å². The fourth-order valence-corrected chi connectivity index (χ4v) is 5.13. The highest BCUT2D eigenvalue weighted by Gasteiger charge is 2.55. The van der Waals surface area contributed by atoms with E-state index in [0.29, 0.717) is 11.3 Å². The van der Waals surface area contributed by atoms with Gasteiger partial charge < -0.3 is 20.1 Å². The third kappa shape index (κ3) is 3.22. The second-order valence-corrected chi connectivity index (χ2v) is 8.18. The molecule has 4 rings (SSSR count). The van der Waals surface area contributed by atoms with Gasteiger partial charge in [0.05, 0.1) is 37.1 Å². The molecule has 1 aliphatic carbocycles. The van der Waals surface area contributed by atoms with Gasteiger partial charge in [-0.1, -0.05) is 36.4 Å². The molecule has 1 aliphatic heterocycles. The first-order valence-corrected chi connectivity index (χ1v) is 10.9. The van der Waals surface area contributed by atoms with Gasteiger partial charge in [-0.25, -0.2) is 4.79 Å². The largest absolute Gasteiger partial charge is 0.496 e. The molecule has 0 aromatic heterocycles. The van der Waals surface area contributed by atoms with E-state index < -0.39 is 23.3 Å². The van der Waals surface area contributed by atoms with Crippen LogP contribution in [-0.4, -0.2) is 37.8 Å². The van der Waals surface area contributed by atoms with Gasteiger partial charge in [-0.15, -0.1) is 0 Å². The number of rotatable bonds is 3. The summed E-state index contributed by atoms with van der Waals surface area (Å²) < 4.78 is 10.7. The predicted molar refractivity (Wildman–Crippen MR) is 124 cm³/mol. The molecule has 0 bridgehead atoms. The second-order valence-electron chi connectivity index (χ2n) is 8.18. The number of carbonyl (C=O) groups excluding carboxylic acids is 1. The van der Waals surface area contributed by atoms with Gasteiger partial charge in [0.25, 0.3) is 0 Å². The molecule has 2 atom stereocenters. The average Bonchev–Trinajstić information content (AvgIpc) is 2.87. The van der Waals surface area contributed by atoms with Gasteiger partial charge in [-0.2, -0.15) is 15.8 Å². The molecular formula is C26H23N5O3. The fraction of sp³-hybridized carbons (Fsp3) is 0.308. The Morgan fingerprint density at radius 2 is 1.88 bits per heavy atom. The first-order valence-electron chi connectivity index (χ1n) is 10.9. The van der Waals surface area contributed by atoms with Crippen molar-refractivity contribution in [3.8, 4) is 24.0 Å². The summed E-state index contributed by atoms with van der Waals surface area (Å²) in [5, 5.41) is 32.2. The molecular weight excluding hydrogens is 430 g/mol. The standard InChI is InChI=1S/C26H23N5O3/c1-3-34-25(32)31-11-10-17-20(12-27)24(30)26(14-28,15-29)23(21(17)13-31)19-8-9-22(33-2)18-7-5-4-6-16(18)19/h4-10,21,23H,3,11,13,30H2,1-2H3/t21-,23-/m0/s1. The number of fused-ring (bicyclic) bond motifs is 2. The minimum Gasteiger partial charge on any atom is -0.496 e. The van der Waals surface area contributed by atoms with Crippen molar-refractivity contribution in [2.45, 2.75) is 12.8 Å². The van der Waals surface area contributed by atoms with Gasteiger partial charge in [0, 0.05) is 30.3 Å². The van der Waals surface area contributed by atoms with Gasteiger partial charge in [-0.05, 0) is 29.5 Å². The Hall–Kier alpha value is -4.48. The fourth-order valence-electron chi connectivity index (χ4n) is 5.13. The van der Waals surface area contributed by atoms with Gasteiger partial charge in [0.2, 0.25) is 0 Å². The number of methoxy groups -OCH3 is 1. The number of nitrogens with two attached hydrogens (primary N) is 1. The average molecular weight is 454 g/mol. The van der Waals surface area contributed by atoms with Crippen molar-refractivity contribution in [1.82, 2.24) is 4.90 Å². The summed E-state index contributed by atoms with van der Waals surface area (Å²) in [6.07, 6.45) is 1.28. The van der Waals surface area contributed by atoms with Gasteiger partial charge in [-0.3, -0.25) is 0 Å². The van der Waals surface area contributed by atoms with Gasteiger partial charge in [0.15, 0.2) is 5.41 Å². The third-order valence-corrected chi connectivity index (χ3v) is 6.66. The molecule has 1 heterocycles. The first-order chi connectivity index (χ1) is 16.5. The minimum absolute atomic E-state index is 0.0583. The van der Waals surface area contributed by atoms with E-state index in [1.807, 2.05) is 30.3 Å². The lowest BCUT2D eigenvalue weighted by Gasteiger charge is -2.45. The monoisotopic (exact) mass is 453 g/mol. The first kappa shape index (κ1) is 22.7. The molecule has 170 valence electrons. The number of carbonyl (C=O) groups is 1. The highest BCUT2D eigenvalue weighted by atomic mass is 16.6. The van der Waals surface area contributed by atoms with Crippen molar-refractivity contribution in [3.05, 3.63) is 64.9 Å². The maximum Gasteiger partial charge on any atom is 0.410 e. The highest BCUT2D eigenvalue weighted by molar-refractivity contribution is 5.92. The van der Waals surface area contributed by atoms with Gasteiger partial charge in [0.1, 0.15) is 11.8 Å². The molecule has 8 heteroatoms. The Morgan fingerprint density at radius 1 is 1.18 bits per heavy atom. The Labute approximate surface area is 197 Å². The summed E-state index contributed by atoms with van der Waals surface area (Å²) in [5.41, 5.74) is 6.04. The number of hydrogen-bond acceptors (Lipinski definition) is 7. The number of amides is 1. The van der Waals surface area contributed by atoms with E-state index in [-0.39, 0.29) is 31.0 Å². The minimum atomic E-state index is -1.80.